The molecule has 1 amide bonds. The molecule has 1 N–H and O–H groups in total. The van der Waals surface area contributed by atoms with E-state index in [0.717, 1.165) is 19.3 Å². The monoisotopic (exact) mass is 351 g/mol. The maximum absolute atomic E-state index is 11.8. The van der Waals surface area contributed by atoms with Gasteiger partial charge >= 0.3 is 0 Å². The van der Waals surface area contributed by atoms with Gasteiger partial charge in [0.2, 0.25) is 5.91 Å². The summed E-state index contributed by atoms with van der Waals surface area (Å²) in [6, 6.07) is 0.371. The normalized spacial score (nSPS) is 11.5. The van der Waals surface area contributed by atoms with Crippen molar-refractivity contribution in [2.45, 2.75) is 130 Å². The van der Waals surface area contributed by atoms with Crippen LogP contribution in [-0.2, 0) is 4.79 Å². The van der Waals surface area contributed by atoms with Gasteiger partial charge in [-0.05, 0) is 44.9 Å². The molecule has 0 atom stereocenters. The molecule has 0 aromatic carbocycles. The summed E-state index contributed by atoms with van der Waals surface area (Å²) in [5, 5.41) is 3.12. The highest BCUT2D eigenvalue weighted by Crippen LogP contribution is 2.10. The molecular weight excluding hydrogens is 306 g/mol. The van der Waals surface area contributed by atoms with E-state index in [1.165, 1.54) is 77.0 Å². The third-order valence-electron chi connectivity index (χ3n) is 5.02. The lowest BCUT2D eigenvalue weighted by Crippen LogP contribution is -2.33. The van der Waals surface area contributed by atoms with Crippen LogP contribution in [0.5, 0.6) is 0 Å². The number of carbonyl (C=O) groups excluding carboxylic acids is 1. The van der Waals surface area contributed by atoms with Crippen LogP contribution in [0.25, 0.3) is 0 Å². The Bertz CT molecular complexity index is 307. The second-order valence-corrected chi connectivity index (χ2v) is 7.42. The Labute approximate surface area is 158 Å². The van der Waals surface area contributed by atoms with Gasteiger partial charge in [0.25, 0.3) is 0 Å². The average molecular weight is 352 g/mol. The van der Waals surface area contributed by atoms with Crippen molar-refractivity contribution in [2.24, 2.45) is 0 Å². The van der Waals surface area contributed by atoms with Gasteiger partial charge in [-0.15, -0.1) is 0 Å². The molecule has 0 heterocycles. The van der Waals surface area contributed by atoms with Gasteiger partial charge in [0.05, 0.1) is 0 Å². The van der Waals surface area contributed by atoms with Crippen molar-refractivity contribution < 1.29 is 4.79 Å². The number of rotatable bonds is 18. The van der Waals surface area contributed by atoms with E-state index in [1.54, 1.807) is 0 Å². The van der Waals surface area contributed by atoms with E-state index >= 15 is 0 Å². The lowest BCUT2D eigenvalue weighted by Gasteiger charge is -2.14. The molecule has 2 nitrogen and oxygen atoms in total. The molecule has 0 radical (unpaired) electrons. The molecule has 0 saturated carbocycles. The number of hydrogen-bond donors (Lipinski definition) is 1. The lowest BCUT2D eigenvalue weighted by molar-refractivity contribution is -0.121. The summed E-state index contributed by atoms with van der Waals surface area (Å²) in [4.78, 5) is 11.8. The van der Waals surface area contributed by atoms with Gasteiger partial charge in [-0.25, -0.2) is 0 Å². The summed E-state index contributed by atoms with van der Waals surface area (Å²) < 4.78 is 0. The average Bonchev–Trinajstić information content (AvgIpc) is 2.62. The van der Waals surface area contributed by atoms with Crippen LogP contribution in [0, 0.1) is 0 Å². The molecule has 0 aliphatic rings. The van der Waals surface area contributed by atoms with Crippen molar-refractivity contribution >= 4 is 5.91 Å². The zero-order valence-electron chi connectivity index (χ0n) is 17.5. The summed E-state index contributed by atoms with van der Waals surface area (Å²) in [5.41, 5.74) is 0. The second kappa shape index (κ2) is 19.5. The minimum absolute atomic E-state index is 0.242. The summed E-state index contributed by atoms with van der Waals surface area (Å²) >= 11 is 0. The first kappa shape index (κ1) is 24.2. The molecule has 0 saturated heterocycles. The molecule has 0 fully saturated rings. The number of nitrogens with one attached hydrogen (secondary N) is 1. The number of allylic oxidation sites excluding steroid dienone is 2. The fourth-order valence-electron chi connectivity index (χ4n) is 3.15. The maximum Gasteiger partial charge on any atom is 0.220 e. The molecule has 0 bridgehead atoms. The van der Waals surface area contributed by atoms with Gasteiger partial charge in [-0.3, -0.25) is 4.79 Å². The molecule has 0 rings (SSSR count). The molecule has 0 spiro atoms. The summed E-state index contributed by atoms with van der Waals surface area (Å²) in [6.07, 6.45) is 24.4. The highest BCUT2D eigenvalue weighted by molar-refractivity contribution is 5.76. The van der Waals surface area contributed by atoms with E-state index in [4.69, 9.17) is 0 Å². The lowest BCUT2D eigenvalue weighted by atomic mass is 10.1. The standard InChI is InChI=1S/C23H45NO/c1-4-7-8-9-10-11-12-13-14-15-16-17-18-19-20-21-23(25)24-22(5-2)6-3/h13-14,22H,4-12,15-21H2,1-3H3,(H,24,25). The molecular formula is C23H45NO. The van der Waals surface area contributed by atoms with Crippen LogP contribution in [0.4, 0.5) is 0 Å². The highest BCUT2D eigenvalue weighted by Gasteiger charge is 2.07. The van der Waals surface area contributed by atoms with E-state index in [-0.39, 0.29) is 5.91 Å². The molecule has 2 heteroatoms. The van der Waals surface area contributed by atoms with Gasteiger partial charge in [0.1, 0.15) is 0 Å². The Morgan fingerprint density at radius 2 is 1.20 bits per heavy atom. The Kier molecular flexibility index (Phi) is 18.9. The largest absolute Gasteiger partial charge is 0.353 e. The quantitative estimate of drug-likeness (QED) is 0.203. The third kappa shape index (κ3) is 17.8. The van der Waals surface area contributed by atoms with E-state index in [0.29, 0.717) is 12.5 Å². The molecule has 148 valence electrons. The molecule has 0 aromatic heterocycles. The summed E-state index contributed by atoms with van der Waals surface area (Å²) in [7, 11) is 0. The van der Waals surface area contributed by atoms with Crippen LogP contribution in [0.1, 0.15) is 124 Å². The number of hydrogen-bond acceptors (Lipinski definition) is 1. The highest BCUT2D eigenvalue weighted by atomic mass is 16.1. The van der Waals surface area contributed by atoms with Crippen molar-refractivity contribution in [3.05, 3.63) is 12.2 Å². The van der Waals surface area contributed by atoms with Crippen molar-refractivity contribution in [3.63, 3.8) is 0 Å². The van der Waals surface area contributed by atoms with Crippen LogP contribution < -0.4 is 5.32 Å². The molecule has 0 aromatic rings. The first-order valence-electron chi connectivity index (χ1n) is 11.2. The number of amides is 1. The second-order valence-electron chi connectivity index (χ2n) is 7.42. The molecule has 25 heavy (non-hydrogen) atoms. The Hall–Kier alpha value is -0.790. The fourth-order valence-corrected chi connectivity index (χ4v) is 3.15. The van der Waals surface area contributed by atoms with Crippen LogP contribution in [0.15, 0.2) is 12.2 Å². The van der Waals surface area contributed by atoms with E-state index in [2.05, 4.69) is 38.2 Å². The fraction of sp³-hybridized carbons (Fsp3) is 0.870. The molecule has 0 aliphatic heterocycles. The van der Waals surface area contributed by atoms with Crippen LogP contribution in [0.2, 0.25) is 0 Å². The number of unbranched alkanes of at least 4 members (excludes halogenated alkanes) is 11. The van der Waals surface area contributed by atoms with Crippen molar-refractivity contribution in [1.82, 2.24) is 5.32 Å². The smallest absolute Gasteiger partial charge is 0.220 e. The predicted octanol–water partition coefficient (Wildman–Crippen LogP) is 7.33. The Balaban J connectivity index is 3.28. The van der Waals surface area contributed by atoms with Gasteiger partial charge in [0, 0.05) is 12.5 Å². The molecule has 0 unspecified atom stereocenters. The van der Waals surface area contributed by atoms with Crippen LogP contribution in [-0.4, -0.2) is 11.9 Å². The maximum atomic E-state index is 11.8. The van der Waals surface area contributed by atoms with Crippen LogP contribution >= 0.6 is 0 Å². The van der Waals surface area contributed by atoms with E-state index in [9.17, 15) is 4.79 Å². The SMILES string of the molecule is CCCCCCCCC=CCCCCCCCC(=O)NC(CC)CC. The first-order valence-corrected chi connectivity index (χ1v) is 11.2. The molecule has 0 aliphatic carbocycles. The minimum Gasteiger partial charge on any atom is -0.353 e. The van der Waals surface area contributed by atoms with E-state index < -0.39 is 0 Å². The zero-order chi connectivity index (χ0) is 18.6. The zero-order valence-corrected chi connectivity index (χ0v) is 17.5. The van der Waals surface area contributed by atoms with Crippen molar-refractivity contribution in [1.29, 1.82) is 0 Å². The van der Waals surface area contributed by atoms with Crippen molar-refractivity contribution in [2.75, 3.05) is 0 Å². The Morgan fingerprint density at radius 3 is 1.72 bits per heavy atom. The van der Waals surface area contributed by atoms with E-state index in [1.807, 2.05) is 0 Å². The summed E-state index contributed by atoms with van der Waals surface area (Å²) in [6.45, 7) is 6.54. The van der Waals surface area contributed by atoms with Gasteiger partial charge in [-0.2, -0.15) is 0 Å². The third-order valence-corrected chi connectivity index (χ3v) is 5.02. The van der Waals surface area contributed by atoms with Crippen LogP contribution in [0.3, 0.4) is 0 Å². The van der Waals surface area contributed by atoms with Gasteiger partial charge in [-0.1, -0.05) is 84.3 Å². The minimum atomic E-state index is 0.242. The van der Waals surface area contributed by atoms with Crippen molar-refractivity contribution in [3.8, 4) is 0 Å². The summed E-state index contributed by atoms with van der Waals surface area (Å²) in [5.74, 6) is 0.242. The van der Waals surface area contributed by atoms with Gasteiger partial charge < -0.3 is 5.32 Å². The topological polar surface area (TPSA) is 29.1 Å². The number of carbonyl (C=O) groups is 1. The first-order chi connectivity index (χ1) is 12.2. The predicted molar refractivity (Wildman–Crippen MR) is 112 cm³/mol. The Morgan fingerprint density at radius 1 is 0.720 bits per heavy atom. The van der Waals surface area contributed by atoms with Gasteiger partial charge in [0.15, 0.2) is 0 Å².